The molecule has 4 saturated heterocycles. The molecule has 6 bridgehead atoms. The number of halogens is 2. The van der Waals surface area contributed by atoms with Crippen molar-refractivity contribution in [3.05, 3.63) is 66.4 Å². The van der Waals surface area contributed by atoms with Crippen LogP contribution in [0.2, 0.25) is 0 Å². The fourth-order valence-electron chi connectivity index (χ4n) is 9.44. The van der Waals surface area contributed by atoms with Gasteiger partial charge in [-0.2, -0.15) is 20.1 Å². The van der Waals surface area contributed by atoms with Crippen LogP contribution in [-0.2, 0) is 20.9 Å². The summed E-state index contributed by atoms with van der Waals surface area (Å²) in [5.41, 5.74) is 2.93. The first-order valence-electron chi connectivity index (χ1n) is 20.4. The molecule has 5 atom stereocenters. The maximum Gasteiger partial charge on any atom is 0.317 e. The van der Waals surface area contributed by atoms with Gasteiger partial charge in [-0.25, -0.2) is 23.4 Å². The number of carbonyl (C=O) groups is 2. The molecule has 5 aromatic heterocycles. The van der Waals surface area contributed by atoms with Crippen LogP contribution in [0.5, 0.6) is 6.01 Å². The fourth-order valence-corrected chi connectivity index (χ4v) is 9.44. The Labute approximate surface area is 342 Å². The number of carbonyl (C=O) groups excluding carboxylic acids is 2. The molecular weight excluding hydrogens is 777 g/mol. The zero-order valence-electron chi connectivity index (χ0n) is 33.1. The molecule has 10 heterocycles. The van der Waals surface area contributed by atoms with Crippen molar-refractivity contribution >= 4 is 45.6 Å². The van der Waals surface area contributed by atoms with Crippen LogP contribution in [0.1, 0.15) is 38.4 Å². The highest BCUT2D eigenvalue weighted by Gasteiger charge is 2.55. The summed E-state index contributed by atoms with van der Waals surface area (Å²) in [5, 5.41) is 4.98. The standard InChI is InChI=1S/C41H41F2N13O4/c1-4-59-26-18-51(3)38(57)32-15-25(60-41-45-12-9-29(48-41)34-35-30(10-11-44-34)47-21(2)52(35)20-26)19-54(32)36-27-16-46-56(31-8-5-22(42)13-28(31)43)37(27)50-40(49-36)55-24-14-33(55)39(58)53(17-24)23-6-7-23/h5,8-13,16,23-26,32-33H,4,6-7,14-15,17-20H2,1-3H3/t24-,25-,26-,32-,33+/m0/s1. The van der Waals surface area contributed by atoms with E-state index in [-0.39, 0.29) is 66.7 Å². The Morgan fingerprint density at radius 3 is 2.53 bits per heavy atom. The fraction of sp³-hybridized carbons (Fsp3) is 0.439. The average molecular weight is 818 g/mol. The number of hydrogen-bond donors (Lipinski definition) is 0. The number of amides is 2. The molecule has 6 aliphatic rings. The molecule has 6 aromatic rings. The number of likely N-dealkylation sites (N-methyl/N-ethyl adjacent to an activating group) is 1. The summed E-state index contributed by atoms with van der Waals surface area (Å²) in [7, 11) is 1.76. The van der Waals surface area contributed by atoms with Gasteiger partial charge in [-0.3, -0.25) is 14.6 Å². The zero-order valence-corrected chi connectivity index (χ0v) is 33.1. The topological polar surface area (TPSA) is 166 Å². The first kappa shape index (κ1) is 36.7. The van der Waals surface area contributed by atoms with Gasteiger partial charge in [-0.05, 0) is 57.4 Å². The van der Waals surface area contributed by atoms with Crippen molar-refractivity contribution in [2.24, 2.45) is 0 Å². The minimum atomic E-state index is -0.828. The van der Waals surface area contributed by atoms with E-state index in [9.17, 15) is 14.0 Å². The predicted octanol–water partition coefficient (Wildman–Crippen LogP) is 3.46. The van der Waals surface area contributed by atoms with Crippen LogP contribution < -0.4 is 14.5 Å². The van der Waals surface area contributed by atoms with E-state index in [0.29, 0.717) is 48.7 Å². The lowest BCUT2D eigenvalue weighted by Gasteiger charge is -2.55. The minimum Gasteiger partial charge on any atom is -0.458 e. The monoisotopic (exact) mass is 817 g/mol. The van der Waals surface area contributed by atoms with Gasteiger partial charge in [0.15, 0.2) is 11.5 Å². The molecule has 60 heavy (non-hydrogen) atoms. The van der Waals surface area contributed by atoms with Gasteiger partial charge in [-0.1, -0.05) is 0 Å². The van der Waals surface area contributed by atoms with Crippen molar-refractivity contribution in [1.82, 2.24) is 54.1 Å². The number of nitrogens with zero attached hydrogens (tertiary/aromatic N) is 13. The maximum atomic E-state index is 15.4. The molecule has 0 spiro atoms. The molecule has 1 aliphatic carbocycles. The normalized spacial score (nSPS) is 24.2. The first-order valence-corrected chi connectivity index (χ1v) is 20.4. The van der Waals surface area contributed by atoms with Crippen molar-refractivity contribution in [3.63, 3.8) is 0 Å². The number of ether oxygens (including phenoxy) is 2. The van der Waals surface area contributed by atoms with Crippen LogP contribution in [0, 0.1) is 18.6 Å². The van der Waals surface area contributed by atoms with Crippen molar-refractivity contribution in [2.75, 3.05) is 43.1 Å². The Morgan fingerprint density at radius 1 is 0.883 bits per heavy atom. The summed E-state index contributed by atoms with van der Waals surface area (Å²) >= 11 is 0. The lowest BCUT2D eigenvalue weighted by atomic mass is 9.87. The van der Waals surface area contributed by atoms with E-state index in [0.717, 1.165) is 41.8 Å². The van der Waals surface area contributed by atoms with Crippen molar-refractivity contribution in [3.8, 4) is 23.1 Å². The molecule has 2 amide bonds. The van der Waals surface area contributed by atoms with E-state index < -0.39 is 35.9 Å². The average Bonchev–Trinajstić information content (AvgIpc) is 3.73. The highest BCUT2D eigenvalue weighted by molar-refractivity contribution is 5.95. The lowest BCUT2D eigenvalue weighted by molar-refractivity contribution is -0.140. The Kier molecular flexibility index (Phi) is 8.47. The number of aromatic nitrogens is 9. The summed E-state index contributed by atoms with van der Waals surface area (Å²) < 4.78 is 45.7. The molecule has 1 saturated carbocycles. The van der Waals surface area contributed by atoms with Gasteiger partial charge in [-0.15, -0.1) is 0 Å². The van der Waals surface area contributed by atoms with Crippen LogP contribution in [0.3, 0.4) is 0 Å². The number of pyridine rings is 1. The molecule has 5 aliphatic heterocycles. The molecule has 12 rings (SSSR count). The summed E-state index contributed by atoms with van der Waals surface area (Å²) in [4.78, 5) is 65.0. The van der Waals surface area contributed by atoms with E-state index in [1.165, 1.54) is 16.9 Å². The van der Waals surface area contributed by atoms with Gasteiger partial charge in [0.25, 0.3) is 0 Å². The van der Waals surface area contributed by atoms with Gasteiger partial charge < -0.3 is 33.6 Å². The Hall–Kier alpha value is -6.37. The van der Waals surface area contributed by atoms with Gasteiger partial charge in [0, 0.05) is 57.7 Å². The number of benzene rings is 1. The summed E-state index contributed by atoms with van der Waals surface area (Å²) in [6, 6.07) is 6.01. The Bertz CT molecular complexity index is 2720. The van der Waals surface area contributed by atoms with E-state index in [2.05, 4.69) is 14.6 Å². The molecule has 308 valence electrons. The SMILES string of the molecule is CCO[C@H]1CN(C)C(=O)[C@@H]2C[C@@H](CN2c2nc(N3[C@H]4C[C@@H]3C(=O)N(C3CC3)C4)nc3c2cnn3-c2ccc(F)cc2F)Oc2nccc(n2)-c2nccc3nc(C)n(c23)C1. The Morgan fingerprint density at radius 2 is 1.73 bits per heavy atom. The number of imidazole rings is 1. The maximum absolute atomic E-state index is 15.4. The van der Waals surface area contributed by atoms with Gasteiger partial charge in [0.1, 0.15) is 47.0 Å². The molecule has 1 aromatic carbocycles. The summed E-state index contributed by atoms with van der Waals surface area (Å²) in [6.45, 7) is 5.66. The van der Waals surface area contributed by atoms with E-state index in [1.807, 2.05) is 34.6 Å². The van der Waals surface area contributed by atoms with Gasteiger partial charge in [0.05, 0.1) is 53.5 Å². The molecule has 19 heteroatoms. The zero-order chi connectivity index (χ0) is 41.0. The quantitative estimate of drug-likeness (QED) is 0.240. The molecule has 0 N–H and O–H groups in total. The largest absolute Gasteiger partial charge is 0.458 e. The second kappa shape index (κ2) is 13.9. The van der Waals surface area contributed by atoms with Crippen LogP contribution in [-0.4, -0.2) is 136 Å². The second-order valence-corrected chi connectivity index (χ2v) is 16.2. The number of anilines is 2. The molecule has 17 nitrogen and oxygen atoms in total. The van der Waals surface area contributed by atoms with E-state index in [1.54, 1.807) is 30.4 Å². The number of fused-ring (bicyclic) bond motifs is 8. The summed E-state index contributed by atoms with van der Waals surface area (Å²) in [6.07, 6.45) is 6.76. The molecular formula is C41H41F2N13O4. The van der Waals surface area contributed by atoms with Crippen molar-refractivity contribution in [1.29, 1.82) is 0 Å². The number of piperidine rings is 1. The van der Waals surface area contributed by atoms with Gasteiger partial charge >= 0.3 is 6.01 Å². The molecule has 0 unspecified atom stereocenters. The number of piperazine rings is 1. The van der Waals surface area contributed by atoms with Crippen LogP contribution in [0.4, 0.5) is 20.5 Å². The third kappa shape index (κ3) is 5.91. The number of hydrogen-bond acceptors (Lipinski definition) is 13. The van der Waals surface area contributed by atoms with E-state index in [4.69, 9.17) is 34.4 Å². The van der Waals surface area contributed by atoms with Crippen molar-refractivity contribution in [2.45, 2.75) is 82.5 Å². The second-order valence-electron chi connectivity index (χ2n) is 16.2. The minimum absolute atomic E-state index is 0.0151. The first-order chi connectivity index (χ1) is 29.1. The number of aryl methyl sites for hydroxylation is 1. The number of rotatable bonds is 6. The lowest BCUT2D eigenvalue weighted by Crippen LogP contribution is -2.72. The van der Waals surface area contributed by atoms with Crippen molar-refractivity contribution < 1.29 is 27.8 Å². The predicted molar refractivity (Wildman–Crippen MR) is 212 cm³/mol. The van der Waals surface area contributed by atoms with E-state index >= 15 is 4.39 Å². The molecule has 0 radical (unpaired) electrons. The van der Waals surface area contributed by atoms with Gasteiger partial charge in [0.2, 0.25) is 17.8 Å². The molecule has 5 fully saturated rings. The summed E-state index contributed by atoms with van der Waals surface area (Å²) in [5.74, 6) is -0.335. The third-order valence-electron chi connectivity index (χ3n) is 12.4. The smallest absolute Gasteiger partial charge is 0.317 e. The van der Waals surface area contributed by atoms with Crippen LogP contribution in [0.25, 0.3) is 39.1 Å². The highest BCUT2D eigenvalue weighted by atomic mass is 19.1. The van der Waals surface area contributed by atoms with Crippen LogP contribution in [0.15, 0.2) is 48.9 Å². The van der Waals surface area contributed by atoms with Crippen LogP contribution >= 0.6 is 0 Å². The Balaban J connectivity index is 1.03. The third-order valence-corrected chi connectivity index (χ3v) is 12.4. The highest BCUT2D eigenvalue weighted by Crippen LogP contribution is 2.43.